The van der Waals surface area contributed by atoms with Crippen molar-refractivity contribution in [3.63, 3.8) is 0 Å². The summed E-state index contributed by atoms with van der Waals surface area (Å²) in [6, 6.07) is -3.52. The topological polar surface area (TPSA) is 580 Å². The van der Waals surface area contributed by atoms with Crippen LogP contribution in [0.2, 0.25) is 0 Å². The molecule has 3 aliphatic heterocycles. The summed E-state index contributed by atoms with van der Waals surface area (Å²) >= 11 is 0. The average Bonchev–Trinajstić information content (AvgIpc) is 1.66. The molecule has 15 atom stereocenters. The second-order valence-corrected chi connectivity index (χ2v) is 32.9. The van der Waals surface area contributed by atoms with Crippen LogP contribution < -0.4 is 42.0 Å². The summed E-state index contributed by atoms with van der Waals surface area (Å²) in [6.07, 6.45) is -9.48. The van der Waals surface area contributed by atoms with Crippen LogP contribution in [0.25, 0.3) is 0 Å². The van der Waals surface area contributed by atoms with E-state index in [0.717, 1.165) is 62.3 Å². The lowest BCUT2D eigenvalue weighted by Gasteiger charge is -2.44. The van der Waals surface area contributed by atoms with E-state index in [1.54, 1.807) is 0 Å². The summed E-state index contributed by atoms with van der Waals surface area (Å²) in [7, 11) is 0. The normalized spacial score (nSPS) is 21.4. The molecule has 3 saturated heterocycles. The maximum Gasteiger partial charge on any atom is 0.311 e. The molecule has 46 nitrogen and oxygen atoms in total. The van der Waals surface area contributed by atoms with Crippen LogP contribution in [0.4, 0.5) is 22.0 Å². The third-order valence-electron chi connectivity index (χ3n) is 20.6. The number of nitrogens with zero attached hydrogens (tertiary/aromatic N) is 3. The van der Waals surface area contributed by atoms with Crippen LogP contribution in [0.5, 0.6) is 5.75 Å². The van der Waals surface area contributed by atoms with Gasteiger partial charge in [-0.1, -0.05) is 43.7 Å². The number of ether oxygens (including phenoxy) is 19. The van der Waals surface area contributed by atoms with Gasteiger partial charge in [0.1, 0.15) is 62.0 Å². The molecule has 3 aliphatic rings. The van der Waals surface area contributed by atoms with Gasteiger partial charge in [0, 0.05) is 155 Å². The minimum atomic E-state index is -2.47. The van der Waals surface area contributed by atoms with Crippen molar-refractivity contribution in [1.82, 2.24) is 52.2 Å². The highest BCUT2D eigenvalue weighted by atomic mass is 19.2. The van der Waals surface area contributed by atoms with Gasteiger partial charge >= 0.3 is 59.7 Å². The number of unbranched alkanes of at least 4 members (excludes halogenated alkanes) is 9. The van der Waals surface area contributed by atoms with Gasteiger partial charge in [0.05, 0.1) is 64.3 Å². The Morgan fingerprint density at radius 3 is 0.964 bits per heavy atom. The predicted molar refractivity (Wildman–Crippen MR) is 461 cm³/mol. The Kier molecular flexibility index (Phi) is 53.2. The number of esters is 10. The number of amides is 7. The Balaban J connectivity index is 1.27. The number of halogens is 5. The van der Waals surface area contributed by atoms with E-state index in [9.17, 15) is 103 Å². The fourth-order valence-corrected chi connectivity index (χ4v) is 14.6. The maximum atomic E-state index is 14.2. The molecule has 0 aliphatic carbocycles. The molecular weight excluding hydrogens is 1870 g/mol. The molecule has 0 radical (unpaired) electrons. The Morgan fingerprint density at radius 2 is 0.655 bits per heavy atom. The third-order valence-corrected chi connectivity index (χ3v) is 20.6. The van der Waals surface area contributed by atoms with E-state index in [2.05, 4.69) is 52.3 Å². The Bertz CT molecular complexity index is 4050. The van der Waals surface area contributed by atoms with Crippen molar-refractivity contribution < 1.29 is 193 Å². The zero-order valence-electron chi connectivity index (χ0n) is 79.9. The van der Waals surface area contributed by atoms with E-state index < -0.39 is 266 Å². The number of rotatable bonds is 63. The van der Waals surface area contributed by atoms with E-state index in [-0.39, 0.29) is 124 Å². The molecule has 4 heterocycles. The van der Waals surface area contributed by atoms with Crippen molar-refractivity contribution in [1.29, 1.82) is 0 Å². The third kappa shape index (κ3) is 44.8. The van der Waals surface area contributed by atoms with Gasteiger partial charge in [0.2, 0.25) is 76.2 Å². The molecule has 0 saturated carbocycles. The highest BCUT2D eigenvalue weighted by Gasteiger charge is 2.55. The molecule has 5 rings (SSSR count). The molecule has 1 aromatic carbocycles. The number of hydrogen-bond acceptors (Lipinski definition) is 38. The van der Waals surface area contributed by atoms with Crippen LogP contribution in [0.15, 0.2) is 6.20 Å². The zero-order valence-corrected chi connectivity index (χ0v) is 79.9. The monoisotopic (exact) mass is 2000 g/mol. The van der Waals surface area contributed by atoms with Crippen LogP contribution in [-0.4, -0.2) is 307 Å². The van der Waals surface area contributed by atoms with E-state index in [1.807, 2.05) is 0 Å². The lowest BCUT2D eigenvalue weighted by molar-refractivity contribution is -0.277. The van der Waals surface area contributed by atoms with E-state index in [0.29, 0.717) is 77.0 Å². The first-order chi connectivity index (χ1) is 66.0. The summed E-state index contributed by atoms with van der Waals surface area (Å²) in [5.41, 5.74) is -1.14. The van der Waals surface area contributed by atoms with E-state index >= 15 is 0 Å². The smallest absolute Gasteiger partial charge is 0.311 e. The maximum absolute atomic E-state index is 14.2. The highest BCUT2D eigenvalue weighted by Crippen LogP contribution is 2.34. The van der Waals surface area contributed by atoms with Crippen molar-refractivity contribution in [2.24, 2.45) is 5.41 Å². The summed E-state index contributed by atoms with van der Waals surface area (Å²) in [5, 5.41) is 27.5. The molecule has 0 bridgehead atoms. The predicted octanol–water partition coefficient (Wildman–Crippen LogP) is 2.62. The summed E-state index contributed by atoms with van der Waals surface area (Å²) in [5.74, 6) is -25.4. The number of benzene rings is 1. The van der Waals surface area contributed by atoms with Crippen LogP contribution in [-0.2, 0) is 180 Å². The van der Waals surface area contributed by atoms with Gasteiger partial charge in [-0.05, 0) is 44.9 Å². The molecule has 0 spiro atoms. The molecule has 3 fully saturated rings. The minimum absolute atomic E-state index is 0.0503. The van der Waals surface area contributed by atoms with Crippen molar-refractivity contribution in [3.8, 4) is 5.75 Å². The van der Waals surface area contributed by atoms with Gasteiger partial charge in [-0.25, -0.2) is 13.2 Å². The molecule has 1 aromatic heterocycles. The number of hydrogen-bond donors (Lipinski definition) is 7. The molecular formula is C88H129F5N10O36. The van der Waals surface area contributed by atoms with Gasteiger partial charge in [0.25, 0.3) is 0 Å². The van der Waals surface area contributed by atoms with E-state index in [1.165, 1.54) is 31.6 Å². The molecule has 9 unspecified atom stereocenters. The number of nitrogens with one attached hydrogen (secondary N) is 7. The number of carbonyl (C=O) groups excluding carboxylic acids is 17. The van der Waals surface area contributed by atoms with E-state index in [4.69, 9.17) is 85.3 Å². The average molecular weight is 2000 g/mol. The highest BCUT2D eigenvalue weighted by molar-refractivity contribution is 5.79. The standard InChI is InChI=1S/C88H129F5N10O36/c1-49(104)98-75-82(133-58(10)113)78(130-55(7)110)62(42-127-52(4)107)136-85(75)124-34-22-16-13-19-31-94-66(117)28-37-121-46-88(45-103-41-61(101-102-103)40-97-65(116)26-25-27-69(120)139-81-73(92)71(90)70(89)72(91)74(81)93,47-122-38-29-67(118)95-32-20-14-17-23-35-125-86-76(99-50(2)105)83(134-59(11)114)79(131-56(8)111)63(137-86)43-128-53(5)108)48-123-39-30-68(119)96-33-21-15-18-24-36-126-87-77(100-51(3)106)84(135-60(12)115)80(132-57(9)112)64(138-87)44-129-54(6)109/h41,62-64,75-80,82-87H,13-40,42-48H2,1-12H3,(H,94,117)(H,95,118)(H,96,119)(H,97,116)(H,98,104)(H,99,105)(H,100,106)/t62?,63?,64?,75?,76?,77?,78-,79-,80-,82?,83?,84?,85+,86+,87+,88?/m0/s1. The molecule has 7 amide bonds. The van der Waals surface area contributed by atoms with Gasteiger partial charge in [0.15, 0.2) is 55.5 Å². The first kappa shape index (κ1) is 118. The first-order valence-corrected chi connectivity index (χ1v) is 45.4. The SMILES string of the molecule is CC(=O)NC1C(OC(C)=O)[C@@H](OC(C)=O)C(COC(C)=O)O[C@H]1OCCCCCCNC(=O)CCOCC(COCCC(=O)NCCCCCCO[C@@H]1OC(COC(C)=O)[C@H](OC(C)=O)C(OC(C)=O)C1NC(C)=O)(COCCC(=O)NCCCCCCO[C@@H]1OC(COC(C)=O)[C@H](OC(C)=O)C(OC(C)=O)C1NC(C)=O)Cn1cc(CNC(=O)CCCC(=O)Oc2c(F)c(F)c(F)c(F)c2F)nn1. The summed E-state index contributed by atoms with van der Waals surface area (Å²) < 4.78 is 179. The van der Waals surface area contributed by atoms with Crippen molar-refractivity contribution in [2.75, 3.05) is 98.9 Å². The Labute approximate surface area is 798 Å². The zero-order chi connectivity index (χ0) is 103. The summed E-state index contributed by atoms with van der Waals surface area (Å²) in [4.78, 5) is 212. The Morgan fingerprint density at radius 1 is 0.353 bits per heavy atom. The summed E-state index contributed by atoms with van der Waals surface area (Å²) in [6.45, 7) is 11.6. The fraction of sp³-hybridized carbons (Fsp3) is 0.716. The van der Waals surface area contributed by atoms with Gasteiger partial charge in [-0.3, -0.25) is 86.2 Å². The van der Waals surface area contributed by atoms with Crippen molar-refractivity contribution in [3.05, 3.63) is 41.0 Å². The lowest BCUT2D eigenvalue weighted by atomic mass is 9.90. The minimum Gasteiger partial charge on any atom is -0.463 e. The second-order valence-electron chi connectivity index (χ2n) is 32.9. The molecule has 139 heavy (non-hydrogen) atoms. The van der Waals surface area contributed by atoms with Crippen LogP contribution in [0, 0.1) is 34.5 Å². The van der Waals surface area contributed by atoms with Crippen LogP contribution >= 0.6 is 0 Å². The number of aromatic nitrogens is 3. The lowest BCUT2D eigenvalue weighted by Crippen LogP contribution is -2.66. The van der Waals surface area contributed by atoms with Gasteiger partial charge < -0.3 is 127 Å². The van der Waals surface area contributed by atoms with Crippen LogP contribution in [0.1, 0.15) is 204 Å². The quantitative estimate of drug-likeness (QED) is 0.00952. The first-order valence-electron chi connectivity index (χ1n) is 45.4. The van der Waals surface area contributed by atoms with Crippen molar-refractivity contribution >= 4 is 101 Å². The molecule has 51 heteroatoms. The number of carbonyl (C=O) groups is 17. The second kappa shape index (κ2) is 62.6. The van der Waals surface area contributed by atoms with Crippen molar-refractivity contribution in [2.45, 2.75) is 304 Å². The van der Waals surface area contributed by atoms with Crippen LogP contribution in [0.3, 0.4) is 0 Å². The van der Waals surface area contributed by atoms with Gasteiger partial charge in [-0.15, -0.1) is 5.10 Å². The molecule has 782 valence electrons. The van der Waals surface area contributed by atoms with Gasteiger partial charge in [-0.2, -0.15) is 8.78 Å². The molecule has 7 N–H and O–H groups in total. The fourth-order valence-electron chi connectivity index (χ4n) is 14.6. The largest absolute Gasteiger partial charge is 0.463 e. The molecule has 2 aromatic rings. The Hall–Kier alpha value is -11.4.